The van der Waals surface area contributed by atoms with Crippen molar-refractivity contribution >= 4 is 27.5 Å². The maximum absolute atomic E-state index is 13.9. The molecule has 4 bridgehead atoms. The smallest absolute Gasteiger partial charge is 0.419 e. The molecule has 2 unspecified atom stereocenters. The van der Waals surface area contributed by atoms with Gasteiger partial charge in [0.15, 0.2) is 0 Å². The lowest BCUT2D eigenvalue weighted by molar-refractivity contribution is -0.140. The van der Waals surface area contributed by atoms with Crippen molar-refractivity contribution in [2.45, 2.75) is 67.8 Å². The highest BCUT2D eigenvalue weighted by atomic mass is 32.2. The molecule has 2 amide bonds. The molecule has 2 aromatic carbocycles. The predicted octanol–water partition coefficient (Wildman–Crippen LogP) is 5.13. The summed E-state index contributed by atoms with van der Waals surface area (Å²) in [7, 11) is -2.59. The van der Waals surface area contributed by atoms with Crippen LogP contribution in [0.4, 0.5) is 23.2 Å². The Kier molecular flexibility index (Phi) is 8.11. The quantitative estimate of drug-likeness (QED) is 0.296. The second-order valence-electron chi connectivity index (χ2n) is 13.1. The lowest BCUT2D eigenvalue weighted by Crippen LogP contribution is -2.48. The molecule has 2 heterocycles. The SMILES string of the molecule is COc1ccc(S(=O)(=O)N2CC3CCC(C2)O3)cc1C(=O)N[C@H]1[C@@H](C(=O)Nc2ccc(F)c(C(F)(F)F)c2)[C@H]2CC[C@@H]1/C2=C\C1CC1. The van der Waals surface area contributed by atoms with Crippen molar-refractivity contribution < 1.29 is 45.0 Å². The molecule has 5 fully saturated rings. The number of ether oxygens (including phenoxy) is 2. The van der Waals surface area contributed by atoms with Crippen LogP contribution in [0.1, 0.15) is 54.4 Å². The summed E-state index contributed by atoms with van der Waals surface area (Å²) in [5, 5.41) is 5.52. The molecule has 14 heteroatoms. The Morgan fingerprint density at radius 3 is 2.34 bits per heavy atom. The van der Waals surface area contributed by atoms with E-state index in [4.69, 9.17) is 9.47 Å². The number of rotatable bonds is 8. The zero-order chi connectivity index (χ0) is 33.2. The monoisotopic (exact) mass is 677 g/mol. The van der Waals surface area contributed by atoms with Gasteiger partial charge >= 0.3 is 6.18 Å². The van der Waals surface area contributed by atoms with Crippen molar-refractivity contribution in [3.63, 3.8) is 0 Å². The van der Waals surface area contributed by atoms with E-state index >= 15 is 0 Å². The molecular weight excluding hydrogens is 642 g/mol. The van der Waals surface area contributed by atoms with E-state index in [0.29, 0.717) is 30.9 Å². The molecule has 3 saturated carbocycles. The van der Waals surface area contributed by atoms with Crippen molar-refractivity contribution in [3.05, 3.63) is 65.0 Å². The van der Waals surface area contributed by atoms with Crippen LogP contribution in [0, 0.1) is 29.5 Å². The van der Waals surface area contributed by atoms with E-state index in [1.807, 2.05) is 0 Å². The fourth-order valence-electron chi connectivity index (χ4n) is 7.78. The van der Waals surface area contributed by atoms with Gasteiger partial charge in [-0.05, 0) is 86.8 Å². The summed E-state index contributed by atoms with van der Waals surface area (Å²) >= 11 is 0. The van der Waals surface area contributed by atoms with Gasteiger partial charge in [-0.3, -0.25) is 9.59 Å². The maximum Gasteiger partial charge on any atom is 0.419 e. The van der Waals surface area contributed by atoms with Crippen LogP contribution in [-0.2, 0) is 25.7 Å². The van der Waals surface area contributed by atoms with E-state index in [-0.39, 0.29) is 59.0 Å². The van der Waals surface area contributed by atoms with Crippen LogP contribution in [0.2, 0.25) is 0 Å². The summed E-state index contributed by atoms with van der Waals surface area (Å²) in [6, 6.07) is 5.67. The largest absolute Gasteiger partial charge is 0.496 e. The van der Waals surface area contributed by atoms with Crippen LogP contribution in [0.3, 0.4) is 0 Å². The number of nitrogens with one attached hydrogen (secondary N) is 2. The number of alkyl halides is 3. The molecule has 9 nitrogen and oxygen atoms in total. The number of morpholine rings is 1. The number of anilines is 1. The van der Waals surface area contributed by atoms with Crippen LogP contribution in [0.25, 0.3) is 0 Å². The molecule has 6 atom stereocenters. The number of amides is 2. The molecule has 2 N–H and O–H groups in total. The highest BCUT2D eigenvalue weighted by Gasteiger charge is 2.55. The standard InChI is InChI=1S/C33H35F4N3O6S/c1-45-28-11-7-21(47(43,44)40-15-19-5-6-20(16-40)46-19)14-25(28)31(41)39-30-23-9-8-22(24(23)12-17-2-3-17)29(30)32(42)38-18-4-10-27(34)26(13-18)33(35,36)37/h4,7,10-14,17,19-20,22-23,29-30H,2-3,5-6,8-9,15-16H2,1H3,(H,38,42)(H,39,41)/b24-12-/t19?,20?,22-,23+,29-,30+/m0/s1. The Balaban J connectivity index is 1.17. The van der Waals surface area contributed by atoms with Gasteiger partial charge < -0.3 is 20.1 Å². The number of hydrogen-bond donors (Lipinski definition) is 2. The fraction of sp³-hybridized carbons (Fsp3) is 0.515. The first-order chi connectivity index (χ1) is 22.3. The molecule has 5 aliphatic rings. The van der Waals surface area contributed by atoms with Crippen molar-refractivity contribution in [2.75, 3.05) is 25.5 Å². The van der Waals surface area contributed by atoms with Crippen LogP contribution in [0.15, 0.2) is 52.9 Å². The Labute approximate surface area is 269 Å². The normalized spacial score (nSPS) is 29.7. The van der Waals surface area contributed by atoms with Crippen LogP contribution in [-0.4, -0.2) is 63.0 Å². The number of nitrogens with zero attached hydrogens (tertiary/aromatic N) is 1. The highest BCUT2D eigenvalue weighted by Crippen LogP contribution is 2.54. The number of fused-ring (bicyclic) bond motifs is 4. The van der Waals surface area contributed by atoms with Crippen LogP contribution >= 0.6 is 0 Å². The van der Waals surface area contributed by atoms with E-state index in [1.165, 1.54) is 29.6 Å². The second kappa shape index (κ2) is 11.9. The highest BCUT2D eigenvalue weighted by molar-refractivity contribution is 7.89. The number of sulfonamides is 1. The Morgan fingerprint density at radius 2 is 1.68 bits per heavy atom. The number of benzene rings is 2. The Bertz CT molecular complexity index is 1730. The number of carbonyl (C=O) groups excluding carboxylic acids is 2. The Hall–Kier alpha value is -3.49. The first kappa shape index (κ1) is 32.1. The van der Waals surface area contributed by atoms with Crippen molar-refractivity contribution in [1.29, 1.82) is 0 Å². The average Bonchev–Trinajstić information content (AvgIpc) is 3.59. The maximum atomic E-state index is 13.9. The predicted molar refractivity (Wildman–Crippen MR) is 161 cm³/mol. The van der Waals surface area contributed by atoms with E-state index < -0.39 is 51.4 Å². The molecule has 47 heavy (non-hydrogen) atoms. The average molecular weight is 678 g/mol. The molecule has 2 aromatic rings. The molecule has 252 valence electrons. The second-order valence-corrected chi connectivity index (χ2v) is 15.1. The molecule has 2 saturated heterocycles. The fourth-order valence-corrected chi connectivity index (χ4v) is 9.31. The number of carbonyl (C=O) groups is 2. The minimum atomic E-state index is -4.95. The van der Waals surface area contributed by atoms with Crippen LogP contribution < -0.4 is 15.4 Å². The van der Waals surface area contributed by atoms with E-state index in [2.05, 4.69) is 16.7 Å². The first-order valence-electron chi connectivity index (χ1n) is 15.9. The minimum absolute atomic E-state index is 0.0205. The molecule has 7 rings (SSSR count). The lowest BCUT2D eigenvalue weighted by Gasteiger charge is -2.31. The zero-order valence-electron chi connectivity index (χ0n) is 25.6. The molecule has 0 radical (unpaired) electrons. The van der Waals surface area contributed by atoms with Gasteiger partial charge in [0, 0.05) is 30.7 Å². The molecule has 0 aromatic heterocycles. The minimum Gasteiger partial charge on any atom is -0.496 e. The van der Waals surface area contributed by atoms with Crippen molar-refractivity contribution in [3.8, 4) is 5.75 Å². The van der Waals surface area contributed by atoms with E-state index in [0.717, 1.165) is 37.3 Å². The van der Waals surface area contributed by atoms with Gasteiger partial charge in [-0.2, -0.15) is 17.5 Å². The summed E-state index contributed by atoms with van der Waals surface area (Å²) in [4.78, 5) is 27.7. The summed E-state index contributed by atoms with van der Waals surface area (Å²) < 4.78 is 94.0. The van der Waals surface area contributed by atoms with Crippen molar-refractivity contribution in [2.24, 2.45) is 23.7 Å². The van der Waals surface area contributed by atoms with Gasteiger partial charge in [-0.15, -0.1) is 0 Å². The first-order valence-corrected chi connectivity index (χ1v) is 17.3. The van der Waals surface area contributed by atoms with Gasteiger partial charge in [0.05, 0.1) is 41.3 Å². The zero-order valence-corrected chi connectivity index (χ0v) is 26.4. The van der Waals surface area contributed by atoms with Gasteiger partial charge in [-0.25, -0.2) is 12.8 Å². The van der Waals surface area contributed by atoms with Gasteiger partial charge in [-0.1, -0.05) is 11.6 Å². The third-order valence-corrected chi connectivity index (χ3v) is 12.0. The molecule has 0 spiro atoms. The van der Waals surface area contributed by atoms with Gasteiger partial charge in [0.1, 0.15) is 11.6 Å². The molecular formula is C33H35F4N3O6S. The number of hydrogen-bond acceptors (Lipinski definition) is 6. The summed E-state index contributed by atoms with van der Waals surface area (Å²) in [5.41, 5.74) is -0.666. The van der Waals surface area contributed by atoms with Gasteiger partial charge in [0.2, 0.25) is 15.9 Å². The van der Waals surface area contributed by atoms with Crippen molar-refractivity contribution in [1.82, 2.24) is 9.62 Å². The third kappa shape index (κ3) is 6.04. The van der Waals surface area contributed by atoms with Crippen LogP contribution in [0.5, 0.6) is 5.75 Å². The number of methoxy groups -OCH3 is 1. The third-order valence-electron chi connectivity index (χ3n) is 10.2. The molecule has 2 aliphatic heterocycles. The Morgan fingerprint density at radius 1 is 0.979 bits per heavy atom. The summed E-state index contributed by atoms with van der Waals surface area (Å²) in [5.74, 6) is -3.38. The molecule has 3 aliphatic carbocycles. The lowest BCUT2D eigenvalue weighted by atomic mass is 9.83. The number of allylic oxidation sites excluding steroid dienone is 1. The van der Waals surface area contributed by atoms with E-state index in [9.17, 15) is 35.6 Å². The summed E-state index contributed by atoms with van der Waals surface area (Å²) in [6.07, 6.45) is 1.87. The van der Waals surface area contributed by atoms with Gasteiger partial charge in [0.25, 0.3) is 5.91 Å². The topological polar surface area (TPSA) is 114 Å². The summed E-state index contributed by atoms with van der Waals surface area (Å²) in [6.45, 7) is 0.450. The number of halogens is 4. The van der Waals surface area contributed by atoms with E-state index in [1.54, 1.807) is 0 Å².